The number of anilines is 2. The zero-order valence-corrected chi connectivity index (χ0v) is 20.2. The van der Waals surface area contributed by atoms with Crippen LogP contribution < -0.4 is 14.5 Å². The first-order valence-corrected chi connectivity index (χ1v) is 12.1. The zero-order valence-electron chi connectivity index (χ0n) is 19.4. The van der Waals surface area contributed by atoms with Gasteiger partial charge >= 0.3 is 5.97 Å². The van der Waals surface area contributed by atoms with E-state index in [9.17, 15) is 19.2 Å². The summed E-state index contributed by atoms with van der Waals surface area (Å²) in [6, 6.07) is 11.7. The van der Waals surface area contributed by atoms with Crippen molar-refractivity contribution in [2.75, 3.05) is 16.3 Å². The Morgan fingerprint density at radius 3 is 2.51 bits per heavy atom. The first-order chi connectivity index (χ1) is 16.8. The Labute approximate surface area is 208 Å². The number of hydrogen-bond acceptors (Lipinski definition) is 5. The van der Waals surface area contributed by atoms with E-state index in [0.717, 1.165) is 5.56 Å². The summed E-state index contributed by atoms with van der Waals surface area (Å²) in [4.78, 5) is 54.0. The van der Waals surface area contributed by atoms with Gasteiger partial charge in [0.2, 0.25) is 17.7 Å². The molecule has 2 aliphatic heterocycles. The lowest BCUT2D eigenvalue weighted by Gasteiger charge is -2.22. The van der Waals surface area contributed by atoms with E-state index in [-0.39, 0.29) is 54.2 Å². The number of hydrogen-bond donors (Lipinski definition) is 0. The van der Waals surface area contributed by atoms with Crippen LogP contribution in [0.2, 0.25) is 5.02 Å². The highest BCUT2D eigenvalue weighted by Crippen LogP contribution is 2.40. The first-order valence-electron chi connectivity index (χ1n) is 11.7. The minimum Gasteiger partial charge on any atom is -0.426 e. The number of amides is 3. The third kappa shape index (κ3) is 4.04. The van der Waals surface area contributed by atoms with Crippen LogP contribution in [0.1, 0.15) is 25.3 Å². The van der Waals surface area contributed by atoms with Gasteiger partial charge < -0.3 is 9.64 Å². The number of imide groups is 1. The second-order valence-corrected chi connectivity index (χ2v) is 9.78. The topological polar surface area (TPSA) is 84.0 Å². The van der Waals surface area contributed by atoms with Crippen LogP contribution in [-0.2, 0) is 19.2 Å². The largest absolute Gasteiger partial charge is 0.426 e. The molecular formula is C27H25ClN2O5. The molecule has 0 unspecified atom stereocenters. The molecule has 0 spiro atoms. The maximum absolute atomic E-state index is 13.0. The summed E-state index contributed by atoms with van der Waals surface area (Å²) in [7, 11) is 0. The third-order valence-electron chi connectivity index (χ3n) is 7.17. The highest BCUT2D eigenvalue weighted by Gasteiger charge is 2.50. The maximum Gasteiger partial charge on any atom is 0.316 e. The van der Waals surface area contributed by atoms with Gasteiger partial charge in [0.15, 0.2) is 0 Å². The average Bonchev–Trinajstić information content (AvgIpc) is 3.34. The number of rotatable bonds is 4. The molecule has 0 N–H and O–H groups in total. The Morgan fingerprint density at radius 1 is 1.06 bits per heavy atom. The molecule has 0 aromatic heterocycles. The Morgan fingerprint density at radius 2 is 1.80 bits per heavy atom. The van der Waals surface area contributed by atoms with Crippen LogP contribution in [0.4, 0.5) is 11.4 Å². The van der Waals surface area contributed by atoms with Crippen LogP contribution in [0.15, 0.2) is 54.6 Å². The van der Waals surface area contributed by atoms with Gasteiger partial charge in [-0.2, -0.15) is 0 Å². The number of nitrogens with zero attached hydrogens (tertiary/aromatic N) is 2. The van der Waals surface area contributed by atoms with Gasteiger partial charge in [0.05, 0.1) is 23.4 Å². The molecule has 2 aromatic carbocycles. The van der Waals surface area contributed by atoms with Crippen LogP contribution in [0.3, 0.4) is 0 Å². The Kier molecular flexibility index (Phi) is 5.97. The second-order valence-electron chi connectivity index (χ2n) is 9.37. The van der Waals surface area contributed by atoms with Gasteiger partial charge in [-0.15, -0.1) is 0 Å². The molecule has 2 aromatic rings. The van der Waals surface area contributed by atoms with E-state index in [1.165, 1.54) is 4.90 Å². The molecule has 3 aliphatic rings. The summed E-state index contributed by atoms with van der Waals surface area (Å²) >= 11 is 6.19. The summed E-state index contributed by atoms with van der Waals surface area (Å²) < 4.78 is 5.53. The van der Waals surface area contributed by atoms with Crippen molar-refractivity contribution in [3.63, 3.8) is 0 Å². The van der Waals surface area contributed by atoms with Crippen molar-refractivity contribution in [2.45, 2.75) is 26.7 Å². The van der Waals surface area contributed by atoms with Crippen LogP contribution in [-0.4, -0.2) is 30.2 Å². The molecule has 35 heavy (non-hydrogen) atoms. The quantitative estimate of drug-likeness (QED) is 0.275. The molecule has 180 valence electrons. The number of carbonyl (C=O) groups is 4. The molecule has 1 aliphatic carbocycles. The average molecular weight is 493 g/mol. The SMILES string of the molecule is Cc1c(Cl)cccc1N1C[C@H](C(=O)Oc2ccc(N3C(=O)[C@@H]4[C@H](C)C=CC[C@H]4C3=O)cc2)CC1=O. The van der Waals surface area contributed by atoms with Crippen molar-refractivity contribution in [1.29, 1.82) is 0 Å². The zero-order chi connectivity index (χ0) is 24.9. The molecular weight excluding hydrogens is 468 g/mol. The normalized spacial score (nSPS) is 25.9. The molecule has 2 fully saturated rings. The van der Waals surface area contributed by atoms with Gasteiger partial charge in [-0.3, -0.25) is 24.1 Å². The summed E-state index contributed by atoms with van der Waals surface area (Å²) in [5.74, 6) is -2.03. The van der Waals surface area contributed by atoms with E-state index in [1.54, 1.807) is 47.4 Å². The van der Waals surface area contributed by atoms with Gasteiger partial charge in [0.25, 0.3) is 0 Å². The van der Waals surface area contributed by atoms with Crippen molar-refractivity contribution >= 4 is 46.7 Å². The van der Waals surface area contributed by atoms with E-state index in [0.29, 0.717) is 22.8 Å². The summed E-state index contributed by atoms with van der Waals surface area (Å²) in [5, 5.41) is 0.557. The van der Waals surface area contributed by atoms with Crippen LogP contribution in [0, 0.1) is 30.6 Å². The van der Waals surface area contributed by atoms with Crippen molar-refractivity contribution in [3.8, 4) is 5.75 Å². The molecule has 8 heteroatoms. The van der Waals surface area contributed by atoms with E-state index in [1.807, 2.05) is 26.0 Å². The molecule has 7 nitrogen and oxygen atoms in total. The fraction of sp³-hybridized carbons (Fsp3) is 0.333. The monoisotopic (exact) mass is 492 g/mol. The van der Waals surface area contributed by atoms with Crippen molar-refractivity contribution in [1.82, 2.24) is 0 Å². The number of benzene rings is 2. The van der Waals surface area contributed by atoms with Gasteiger partial charge in [-0.25, -0.2) is 0 Å². The summed E-state index contributed by atoms with van der Waals surface area (Å²) in [5.41, 5.74) is 1.93. The van der Waals surface area contributed by atoms with Crippen molar-refractivity contribution in [3.05, 3.63) is 65.2 Å². The number of halogens is 1. The molecule has 5 rings (SSSR count). The van der Waals surface area contributed by atoms with Gasteiger partial charge in [-0.1, -0.05) is 36.7 Å². The predicted octanol–water partition coefficient (Wildman–Crippen LogP) is 4.31. The van der Waals surface area contributed by atoms with E-state index >= 15 is 0 Å². The number of carbonyl (C=O) groups excluding carboxylic acids is 4. The fourth-order valence-electron chi connectivity index (χ4n) is 5.25. The number of ether oxygens (including phenoxy) is 1. The molecule has 2 saturated heterocycles. The van der Waals surface area contributed by atoms with E-state index in [2.05, 4.69) is 0 Å². The number of fused-ring (bicyclic) bond motifs is 1. The van der Waals surface area contributed by atoms with E-state index in [4.69, 9.17) is 16.3 Å². The van der Waals surface area contributed by atoms with E-state index < -0.39 is 11.9 Å². The lowest BCUT2D eigenvalue weighted by Crippen LogP contribution is -2.31. The summed E-state index contributed by atoms with van der Waals surface area (Å²) in [6.07, 6.45) is 4.57. The molecule has 0 bridgehead atoms. The summed E-state index contributed by atoms with van der Waals surface area (Å²) in [6.45, 7) is 4.00. The molecule has 0 radical (unpaired) electrons. The highest BCUT2D eigenvalue weighted by molar-refractivity contribution is 6.31. The minimum atomic E-state index is -0.612. The highest BCUT2D eigenvalue weighted by atomic mass is 35.5. The molecule has 3 amide bonds. The predicted molar refractivity (Wildman–Crippen MR) is 131 cm³/mol. The van der Waals surface area contributed by atoms with Gasteiger partial charge in [0, 0.05) is 23.7 Å². The van der Waals surface area contributed by atoms with Gasteiger partial charge in [-0.05, 0) is 61.2 Å². The molecule has 4 atom stereocenters. The standard InChI is InChI=1S/C27H25ClN2O5/c1-15-5-3-6-20-24(15)26(33)30(25(20)32)18-9-11-19(12-10-18)35-27(34)17-13-23(31)29(14-17)22-8-4-7-21(28)16(22)2/h3-5,7-12,15,17,20,24H,6,13-14H2,1-2H3/t15-,17-,20-,24-/m1/s1. The number of esters is 1. The van der Waals surface area contributed by atoms with Crippen molar-refractivity contribution < 1.29 is 23.9 Å². The molecule has 2 heterocycles. The van der Waals surface area contributed by atoms with Crippen LogP contribution in [0.5, 0.6) is 5.75 Å². The second kappa shape index (κ2) is 8.96. The lowest BCUT2D eigenvalue weighted by atomic mass is 9.78. The first kappa shape index (κ1) is 23.3. The number of allylic oxidation sites excluding steroid dienone is 2. The fourth-order valence-corrected chi connectivity index (χ4v) is 5.42. The Balaban J connectivity index is 1.26. The van der Waals surface area contributed by atoms with Gasteiger partial charge in [0.1, 0.15) is 5.75 Å². The maximum atomic E-state index is 13.0. The van der Waals surface area contributed by atoms with Crippen LogP contribution >= 0.6 is 11.6 Å². The van der Waals surface area contributed by atoms with Crippen molar-refractivity contribution in [2.24, 2.45) is 23.7 Å². The van der Waals surface area contributed by atoms with Crippen LogP contribution in [0.25, 0.3) is 0 Å². The Hall–Kier alpha value is -3.45. The lowest BCUT2D eigenvalue weighted by molar-refractivity contribution is -0.139. The smallest absolute Gasteiger partial charge is 0.316 e. The Bertz CT molecular complexity index is 1250. The molecule has 0 saturated carbocycles. The third-order valence-corrected chi connectivity index (χ3v) is 7.58. The minimum absolute atomic E-state index is 0.0137.